The maximum atomic E-state index is 12.3. The van der Waals surface area contributed by atoms with E-state index >= 15 is 0 Å². The van der Waals surface area contributed by atoms with Gasteiger partial charge >= 0.3 is 0 Å². The number of nitrogens with one attached hydrogen (secondary N) is 2. The number of likely N-dealkylation sites (tertiary alicyclic amines) is 1. The fourth-order valence-electron chi connectivity index (χ4n) is 3.42. The van der Waals surface area contributed by atoms with Crippen molar-refractivity contribution in [3.8, 4) is 0 Å². The zero-order chi connectivity index (χ0) is 18.6. The summed E-state index contributed by atoms with van der Waals surface area (Å²) in [6.07, 6.45) is 2.95. The quantitative estimate of drug-likeness (QED) is 0.637. The summed E-state index contributed by atoms with van der Waals surface area (Å²) in [4.78, 5) is 15.1. The molecule has 1 amide bonds. The Morgan fingerprint density at radius 3 is 2.69 bits per heavy atom. The Labute approximate surface area is 158 Å². The number of sulfonamides is 1. The van der Waals surface area contributed by atoms with Gasteiger partial charge in [-0.05, 0) is 35.6 Å². The SMILES string of the molecule is NS(=O)(=O)c1ccc(CCNC(=O)C[NH+]2CCC[C@@H]2c2cccs2)cc1. The lowest BCUT2D eigenvalue weighted by Gasteiger charge is -2.20. The van der Waals surface area contributed by atoms with E-state index < -0.39 is 10.0 Å². The number of carbonyl (C=O) groups is 1. The molecule has 0 spiro atoms. The summed E-state index contributed by atoms with van der Waals surface area (Å²) < 4.78 is 22.5. The monoisotopic (exact) mass is 394 g/mol. The topological polar surface area (TPSA) is 93.7 Å². The van der Waals surface area contributed by atoms with E-state index in [1.54, 1.807) is 23.5 Å². The third-order valence-corrected chi connectivity index (χ3v) is 6.66. The lowest BCUT2D eigenvalue weighted by Crippen LogP contribution is -3.11. The summed E-state index contributed by atoms with van der Waals surface area (Å²) in [6.45, 7) is 2.06. The number of benzene rings is 1. The average Bonchev–Trinajstić information content (AvgIpc) is 3.25. The second-order valence-corrected chi connectivity index (χ2v) is 9.12. The molecule has 8 heteroatoms. The van der Waals surface area contributed by atoms with Crippen LogP contribution in [0.3, 0.4) is 0 Å². The molecule has 1 aromatic heterocycles. The standard InChI is InChI=1S/C18H23N3O3S2/c19-26(23,24)15-7-5-14(6-8-15)9-10-20-18(22)13-21-11-1-3-16(21)17-4-2-12-25-17/h2,4-8,12,16H,1,3,9-11,13H2,(H,20,22)(H2,19,23,24)/p+1/t16-/m1/s1. The summed E-state index contributed by atoms with van der Waals surface area (Å²) in [5.41, 5.74) is 0.961. The number of quaternary nitrogens is 1. The molecule has 4 N–H and O–H groups in total. The van der Waals surface area contributed by atoms with Crippen molar-refractivity contribution in [3.63, 3.8) is 0 Å². The number of hydrogen-bond acceptors (Lipinski definition) is 4. The molecule has 6 nitrogen and oxygen atoms in total. The molecule has 2 aromatic rings. The van der Waals surface area contributed by atoms with E-state index in [4.69, 9.17) is 5.14 Å². The van der Waals surface area contributed by atoms with Crippen molar-refractivity contribution in [1.82, 2.24) is 5.32 Å². The van der Waals surface area contributed by atoms with Crippen LogP contribution in [0.2, 0.25) is 0 Å². The Kier molecular flexibility index (Phi) is 6.08. The minimum atomic E-state index is -3.66. The number of carbonyl (C=O) groups excluding carboxylic acids is 1. The lowest BCUT2D eigenvalue weighted by atomic mass is 10.1. The van der Waals surface area contributed by atoms with Crippen LogP contribution in [0.15, 0.2) is 46.7 Å². The fourth-order valence-corrected chi connectivity index (χ4v) is 4.85. The molecule has 1 fully saturated rings. The number of primary sulfonamides is 1. The first-order valence-electron chi connectivity index (χ1n) is 8.70. The molecule has 1 unspecified atom stereocenters. The van der Waals surface area contributed by atoms with Gasteiger partial charge in [0.15, 0.2) is 6.54 Å². The van der Waals surface area contributed by atoms with Crippen molar-refractivity contribution in [2.75, 3.05) is 19.6 Å². The van der Waals surface area contributed by atoms with Gasteiger partial charge in [-0.1, -0.05) is 18.2 Å². The summed E-state index contributed by atoms with van der Waals surface area (Å²) in [5, 5.41) is 10.1. The Morgan fingerprint density at radius 2 is 2.04 bits per heavy atom. The highest BCUT2D eigenvalue weighted by atomic mass is 32.2. The molecule has 2 heterocycles. The van der Waals surface area contributed by atoms with E-state index in [1.165, 1.54) is 21.9 Å². The van der Waals surface area contributed by atoms with Gasteiger partial charge in [0.25, 0.3) is 5.91 Å². The Bertz CT molecular complexity index is 833. The molecule has 1 aliphatic heterocycles. The maximum Gasteiger partial charge on any atom is 0.275 e. The third kappa shape index (κ3) is 4.91. The molecule has 1 aromatic carbocycles. The lowest BCUT2D eigenvalue weighted by molar-refractivity contribution is -0.910. The molecule has 0 saturated carbocycles. The Balaban J connectivity index is 1.46. The molecule has 0 aliphatic carbocycles. The van der Waals surface area contributed by atoms with E-state index in [0.717, 1.165) is 24.9 Å². The zero-order valence-electron chi connectivity index (χ0n) is 14.5. The largest absolute Gasteiger partial charge is 0.351 e. The predicted octanol–water partition coefficient (Wildman–Crippen LogP) is 0.474. The first-order valence-corrected chi connectivity index (χ1v) is 11.1. The number of thiophene rings is 1. The van der Waals surface area contributed by atoms with Gasteiger partial charge in [-0.2, -0.15) is 0 Å². The van der Waals surface area contributed by atoms with Gasteiger partial charge in [0.05, 0.1) is 16.3 Å². The Morgan fingerprint density at radius 1 is 1.27 bits per heavy atom. The molecule has 2 atom stereocenters. The van der Waals surface area contributed by atoms with Gasteiger partial charge in [-0.25, -0.2) is 13.6 Å². The average molecular weight is 395 g/mol. The van der Waals surface area contributed by atoms with Crippen LogP contribution in [0.1, 0.15) is 29.3 Å². The van der Waals surface area contributed by atoms with E-state index in [1.807, 2.05) is 0 Å². The number of nitrogens with two attached hydrogens (primary N) is 1. The van der Waals surface area contributed by atoms with Crippen LogP contribution in [0.25, 0.3) is 0 Å². The van der Waals surface area contributed by atoms with Gasteiger partial charge in [0, 0.05) is 19.4 Å². The van der Waals surface area contributed by atoms with Crippen LogP contribution in [-0.2, 0) is 21.2 Å². The van der Waals surface area contributed by atoms with Crippen molar-refractivity contribution in [1.29, 1.82) is 0 Å². The van der Waals surface area contributed by atoms with Crippen LogP contribution in [-0.4, -0.2) is 34.0 Å². The molecule has 0 bridgehead atoms. The molecule has 26 heavy (non-hydrogen) atoms. The van der Waals surface area contributed by atoms with Crippen molar-refractivity contribution in [2.24, 2.45) is 5.14 Å². The smallest absolute Gasteiger partial charge is 0.275 e. The molecular weight excluding hydrogens is 370 g/mol. The normalized spacial score (nSPS) is 20.2. The predicted molar refractivity (Wildman–Crippen MR) is 102 cm³/mol. The third-order valence-electron chi connectivity index (χ3n) is 4.75. The minimum absolute atomic E-state index is 0.0598. The molecule has 1 saturated heterocycles. The van der Waals surface area contributed by atoms with Crippen molar-refractivity contribution >= 4 is 27.3 Å². The Hall–Kier alpha value is -1.74. The van der Waals surface area contributed by atoms with E-state index in [9.17, 15) is 13.2 Å². The highest BCUT2D eigenvalue weighted by Gasteiger charge is 2.32. The van der Waals surface area contributed by atoms with Gasteiger partial charge in [-0.3, -0.25) is 4.79 Å². The first-order chi connectivity index (χ1) is 12.4. The number of rotatable bonds is 7. The van der Waals surface area contributed by atoms with Gasteiger partial charge in [-0.15, -0.1) is 11.3 Å². The molecule has 140 valence electrons. The van der Waals surface area contributed by atoms with Gasteiger partial charge in [0.1, 0.15) is 6.04 Å². The second kappa shape index (κ2) is 8.30. The summed E-state index contributed by atoms with van der Waals surface area (Å²) in [6, 6.07) is 11.1. The van der Waals surface area contributed by atoms with Crippen LogP contribution in [0, 0.1) is 0 Å². The number of amides is 1. The van der Waals surface area contributed by atoms with Crippen molar-refractivity contribution < 1.29 is 18.1 Å². The van der Waals surface area contributed by atoms with Gasteiger partial charge in [0.2, 0.25) is 10.0 Å². The zero-order valence-corrected chi connectivity index (χ0v) is 16.1. The molecule has 0 radical (unpaired) electrons. The number of hydrogen-bond donors (Lipinski definition) is 3. The minimum Gasteiger partial charge on any atom is -0.351 e. The highest BCUT2D eigenvalue weighted by Crippen LogP contribution is 2.23. The molecular formula is C18H24N3O3S2+. The highest BCUT2D eigenvalue weighted by molar-refractivity contribution is 7.89. The molecule has 3 rings (SSSR count). The first kappa shape index (κ1) is 19.0. The van der Waals surface area contributed by atoms with Crippen molar-refractivity contribution in [2.45, 2.75) is 30.2 Å². The second-order valence-electron chi connectivity index (χ2n) is 6.58. The van der Waals surface area contributed by atoms with Crippen LogP contribution < -0.4 is 15.4 Å². The summed E-state index contributed by atoms with van der Waals surface area (Å²) >= 11 is 1.76. The van der Waals surface area contributed by atoms with E-state index in [2.05, 4.69) is 22.8 Å². The fraction of sp³-hybridized carbons (Fsp3) is 0.389. The molecule has 1 aliphatic rings. The maximum absolute atomic E-state index is 12.3. The van der Waals surface area contributed by atoms with Gasteiger partial charge < -0.3 is 10.2 Å². The van der Waals surface area contributed by atoms with E-state index in [0.29, 0.717) is 25.6 Å². The van der Waals surface area contributed by atoms with Crippen LogP contribution >= 0.6 is 11.3 Å². The summed E-state index contributed by atoms with van der Waals surface area (Å²) in [5.74, 6) is 0.0598. The van der Waals surface area contributed by atoms with Crippen LogP contribution in [0.5, 0.6) is 0 Å². The van der Waals surface area contributed by atoms with Crippen molar-refractivity contribution in [3.05, 3.63) is 52.2 Å². The van der Waals surface area contributed by atoms with E-state index in [-0.39, 0.29) is 10.8 Å². The van der Waals surface area contributed by atoms with Crippen LogP contribution in [0.4, 0.5) is 0 Å². The summed E-state index contributed by atoms with van der Waals surface area (Å²) in [7, 11) is -3.66.